The number of benzene rings is 1. The fraction of sp³-hybridized carbons (Fsp3) is 0.389. The molecule has 1 aliphatic rings. The molecule has 0 spiro atoms. The van der Waals surface area contributed by atoms with Gasteiger partial charge in [0.25, 0.3) is 0 Å². The molecule has 0 saturated carbocycles. The number of nitrogens with zero attached hydrogens (tertiary/aromatic N) is 5. The van der Waals surface area contributed by atoms with Crippen molar-refractivity contribution >= 4 is 34.3 Å². The van der Waals surface area contributed by atoms with Crippen LogP contribution in [0.2, 0.25) is 0 Å². The average molecular weight is 384 g/mol. The first-order chi connectivity index (χ1) is 13.6. The lowest BCUT2D eigenvalue weighted by molar-refractivity contribution is -0.116. The van der Waals surface area contributed by atoms with Crippen LogP contribution in [0.25, 0.3) is 11.0 Å². The average Bonchev–Trinajstić information content (AvgIpc) is 3.37. The van der Waals surface area contributed by atoms with Crippen molar-refractivity contribution in [3.8, 4) is 0 Å². The fourth-order valence-corrected chi connectivity index (χ4v) is 3.37. The van der Waals surface area contributed by atoms with Gasteiger partial charge in [0.2, 0.25) is 5.91 Å². The number of hydrogen-bond acceptors (Lipinski definition) is 7. The Morgan fingerprint density at radius 3 is 2.64 bits per heavy atom. The highest BCUT2D eigenvalue weighted by molar-refractivity contribution is 6.02. The van der Waals surface area contributed by atoms with Crippen molar-refractivity contribution in [2.45, 2.75) is 32.2 Å². The van der Waals surface area contributed by atoms with Crippen LogP contribution < -0.4 is 10.2 Å². The number of anilines is 2. The molecule has 0 atom stereocenters. The van der Waals surface area contributed by atoms with Gasteiger partial charge in [-0.05, 0) is 47.8 Å². The Balaban J connectivity index is 1.44. The van der Waals surface area contributed by atoms with Gasteiger partial charge in [-0.3, -0.25) is 9.48 Å². The van der Waals surface area contributed by atoms with Crippen molar-refractivity contribution in [2.75, 3.05) is 23.3 Å². The van der Waals surface area contributed by atoms with E-state index < -0.39 is 5.97 Å². The molecular formula is C18H20N6O4. The van der Waals surface area contributed by atoms with Gasteiger partial charge in [0, 0.05) is 32.3 Å². The molecule has 1 amide bonds. The highest BCUT2D eigenvalue weighted by atomic mass is 16.6. The summed E-state index contributed by atoms with van der Waals surface area (Å²) in [7, 11) is 0. The van der Waals surface area contributed by atoms with Crippen LogP contribution in [0.4, 0.5) is 11.4 Å². The second-order valence-corrected chi connectivity index (χ2v) is 6.71. The first-order valence-corrected chi connectivity index (χ1v) is 9.18. The molecule has 1 fully saturated rings. The third kappa shape index (κ3) is 3.66. The molecule has 1 saturated heterocycles. The van der Waals surface area contributed by atoms with Crippen LogP contribution in [0.5, 0.6) is 0 Å². The number of carboxylic acids is 1. The Bertz CT molecular complexity index is 1000. The number of amides is 1. The zero-order chi connectivity index (χ0) is 19.5. The van der Waals surface area contributed by atoms with Gasteiger partial charge in [-0.2, -0.15) is 5.10 Å². The largest absolute Gasteiger partial charge is 0.476 e. The zero-order valence-electron chi connectivity index (χ0n) is 15.2. The van der Waals surface area contributed by atoms with Crippen LogP contribution in [-0.2, 0) is 11.3 Å². The fourth-order valence-electron chi connectivity index (χ4n) is 3.37. The number of fused-ring (bicyclic) bond motifs is 1. The first-order valence-electron chi connectivity index (χ1n) is 9.18. The van der Waals surface area contributed by atoms with Crippen molar-refractivity contribution in [2.24, 2.45) is 0 Å². The van der Waals surface area contributed by atoms with Gasteiger partial charge in [0.15, 0.2) is 16.7 Å². The summed E-state index contributed by atoms with van der Waals surface area (Å²) < 4.78 is 6.35. The summed E-state index contributed by atoms with van der Waals surface area (Å²) in [6.45, 7) is 2.21. The molecule has 4 rings (SSSR count). The zero-order valence-corrected chi connectivity index (χ0v) is 15.2. The SMILES string of the molecule is O=C(CCn1ccc(C(=O)O)n1)Nc1ccc(N2CCCCC2)c2nonc12. The molecular weight excluding hydrogens is 364 g/mol. The minimum Gasteiger partial charge on any atom is -0.476 e. The molecule has 2 aromatic heterocycles. The van der Waals surface area contributed by atoms with E-state index in [1.54, 1.807) is 0 Å². The Kier molecular flexibility index (Phi) is 4.92. The van der Waals surface area contributed by atoms with Crippen LogP contribution in [0.15, 0.2) is 29.0 Å². The topological polar surface area (TPSA) is 126 Å². The number of nitrogens with one attached hydrogen (secondary N) is 1. The van der Waals surface area contributed by atoms with Crippen molar-refractivity contribution < 1.29 is 19.3 Å². The minimum atomic E-state index is -1.10. The number of aryl methyl sites for hydroxylation is 1. The van der Waals surface area contributed by atoms with E-state index in [2.05, 4.69) is 25.6 Å². The van der Waals surface area contributed by atoms with Gasteiger partial charge >= 0.3 is 5.97 Å². The standard InChI is InChI=1S/C18H20N6O4/c25-15(7-11-24-10-6-13(20-24)18(26)27)19-12-4-5-14(17-16(12)21-28-22-17)23-8-2-1-3-9-23/h4-6,10H,1-3,7-9,11H2,(H,19,25)(H,26,27). The van der Waals surface area contributed by atoms with E-state index in [1.165, 1.54) is 23.4 Å². The summed E-state index contributed by atoms with van der Waals surface area (Å²) in [5.74, 6) is -1.33. The van der Waals surface area contributed by atoms with Crippen LogP contribution in [0.1, 0.15) is 36.2 Å². The van der Waals surface area contributed by atoms with Gasteiger partial charge < -0.3 is 15.3 Å². The summed E-state index contributed by atoms with van der Waals surface area (Å²) in [5, 5.41) is 23.6. The molecule has 0 bridgehead atoms. The van der Waals surface area contributed by atoms with E-state index in [0.29, 0.717) is 16.7 Å². The van der Waals surface area contributed by atoms with E-state index in [-0.39, 0.29) is 24.6 Å². The van der Waals surface area contributed by atoms with E-state index >= 15 is 0 Å². The number of hydrogen-bond donors (Lipinski definition) is 2. The quantitative estimate of drug-likeness (QED) is 0.662. The van der Waals surface area contributed by atoms with Gasteiger partial charge in [-0.15, -0.1) is 0 Å². The number of rotatable bonds is 6. The van der Waals surface area contributed by atoms with Crippen molar-refractivity contribution in [3.63, 3.8) is 0 Å². The smallest absolute Gasteiger partial charge is 0.356 e. The monoisotopic (exact) mass is 384 g/mol. The second kappa shape index (κ2) is 7.67. The van der Waals surface area contributed by atoms with Crippen LogP contribution in [0.3, 0.4) is 0 Å². The molecule has 3 heterocycles. The van der Waals surface area contributed by atoms with Gasteiger partial charge in [-0.1, -0.05) is 0 Å². The van der Waals surface area contributed by atoms with Gasteiger partial charge in [0.1, 0.15) is 0 Å². The molecule has 0 unspecified atom stereocenters. The summed E-state index contributed by atoms with van der Waals surface area (Å²) in [4.78, 5) is 25.4. The van der Waals surface area contributed by atoms with Crippen molar-refractivity contribution in [1.29, 1.82) is 0 Å². The number of carboxylic acid groups (broad SMARTS) is 1. The summed E-state index contributed by atoms with van der Waals surface area (Å²) >= 11 is 0. The molecule has 146 valence electrons. The Labute approximate surface area is 160 Å². The summed E-state index contributed by atoms with van der Waals surface area (Å²) in [5.41, 5.74) is 2.60. The van der Waals surface area contributed by atoms with Gasteiger partial charge in [0.05, 0.1) is 11.4 Å². The highest BCUT2D eigenvalue weighted by Crippen LogP contribution is 2.31. The molecule has 1 aromatic carbocycles. The van der Waals surface area contributed by atoms with Gasteiger partial charge in [-0.25, -0.2) is 9.42 Å². The summed E-state index contributed by atoms with van der Waals surface area (Å²) in [6, 6.07) is 5.13. The molecule has 1 aliphatic heterocycles. The molecule has 10 nitrogen and oxygen atoms in total. The molecule has 10 heteroatoms. The van der Waals surface area contributed by atoms with Crippen molar-refractivity contribution in [3.05, 3.63) is 30.1 Å². The third-order valence-electron chi connectivity index (χ3n) is 4.79. The Hall–Kier alpha value is -3.43. The van der Waals surface area contributed by atoms with Crippen LogP contribution in [0, 0.1) is 0 Å². The van der Waals surface area contributed by atoms with E-state index in [9.17, 15) is 9.59 Å². The predicted molar refractivity (Wildman–Crippen MR) is 100 cm³/mol. The number of piperidine rings is 1. The molecule has 3 aromatic rings. The maximum Gasteiger partial charge on any atom is 0.356 e. The summed E-state index contributed by atoms with van der Waals surface area (Å²) in [6.07, 6.45) is 5.19. The number of aromatic carboxylic acids is 1. The first kappa shape index (κ1) is 18.0. The van der Waals surface area contributed by atoms with E-state index in [0.717, 1.165) is 31.6 Å². The Morgan fingerprint density at radius 1 is 1.11 bits per heavy atom. The predicted octanol–water partition coefficient (Wildman–Crippen LogP) is 2.14. The number of aromatic nitrogens is 4. The van der Waals surface area contributed by atoms with E-state index in [4.69, 9.17) is 9.74 Å². The normalized spacial score (nSPS) is 14.4. The van der Waals surface area contributed by atoms with E-state index in [1.807, 2.05) is 12.1 Å². The van der Waals surface area contributed by atoms with Crippen LogP contribution >= 0.6 is 0 Å². The molecule has 28 heavy (non-hydrogen) atoms. The lowest BCUT2D eigenvalue weighted by Gasteiger charge is -2.28. The highest BCUT2D eigenvalue weighted by Gasteiger charge is 2.19. The third-order valence-corrected chi connectivity index (χ3v) is 4.79. The Morgan fingerprint density at radius 2 is 1.89 bits per heavy atom. The molecule has 0 radical (unpaired) electrons. The molecule has 0 aliphatic carbocycles. The molecule has 2 N–H and O–H groups in total. The number of carbonyl (C=O) groups excluding carboxylic acids is 1. The number of carbonyl (C=O) groups is 2. The van der Waals surface area contributed by atoms with Crippen molar-refractivity contribution in [1.82, 2.24) is 20.1 Å². The maximum absolute atomic E-state index is 12.3. The minimum absolute atomic E-state index is 0.0518. The lowest BCUT2D eigenvalue weighted by Crippen LogP contribution is -2.29. The maximum atomic E-state index is 12.3. The lowest BCUT2D eigenvalue weighted by atomic mass is 10.1. The second-order valence-electron chi connectivity index (χ2n) is 6.71. The van der Waals surface area contributed by atoms with Crippen LogP contribution in [-0.4, -0.2) is 50.2 Å².